The number of thioether (sulfide) groups is 1. The van der Waals surface area contributed by atoms with Crippen LogP contribution in [0.15, 0.2) is 4.99 Å². The van der Waals surface area contributed by atoms with Gasteiger partial charge in [-0.05, 0) is 5.92 Å². The Morgan fingerprint density at radius 2 is 2.71 bits per heavy atom. The molecule has 1 aliphatic rings. The van der Waals surface area contributed by atoms with E-state index in [1.807, 2.05) is 17.3 Å². The van der Waals surface area contributed by atoms with Crippen LogP contribution in [-0.2, 0) is 0 Å². The van der Waals surface area contributed by atoms with Crippen LogP contribution in [0.2, 0.25) is 0 Å². The summed E-state index contributed by atoms with van der Waals surface area (Å²) in [5.41, 5.74) is 1.94. The maximum absolute atomic E-state index is 4.10. The molecule has 1 unspecified atom stereocenters. The predicted octanol–water partition coefficient (Wildman–Crippen LogP) is 1.40. The van der Waals surface area contributed by atoms with E-state index in [-0.39, 0.29) is 0 Å². The summed E-state index contributed by atoms with van der Waals surface area (Å²) < 4.78 is 0. The smallest absolute Gasteiger partial charge is 0.0541 e. The number of rotatable bonds is 0. The summed E-state index contributed by atoms with van der Waals surface area (Å²) in [6.07, 6.45) is 0. The molecule has 0 bridgehead atoms. The SMILES string of the molecule is CC1CN=CSC1. The third-order valence-corrected chi connectivity index (χ3v) is 2.01. The summed E-state index contributed by atoms with van der Waals surface area (Å²) in [5.74, 6) is 2.05. The van der Waals surface area contributed by atoms with E-state index in [2.05, 4.69) is 11.9 Å². The summed E-state index contributed by atoms with van der Waals surface area (Å²) in [6.45, 7) is 3.26. The lowest BCUT2D eigenvalue weighted by atomic mass is 10.2. The molecule has 0 amide bonds. The van der Waals surface area contributed by atoms with Gasteiger partial charge in [-0.1, -0.05) is 6.92 Å². The lowest BCUT2D eigenvalue weighted by molar-refractivity contribution is 0.676. The van der Waals surface area contributed by atoms with Crippen LogP contribution in [0.3, 0.4) is 0 Å². The third-order valence-electron chi connectivity index (χ3n) is 0.947. The summed E-state index contributed by atoms with van der Waals surface area (Å²) >= 11 is 1.81. The lowest BCUT2D eigenvalue weighted by Gasteiger charge is -2.08. The van der Waals surface area contributed by atoms with Crippen molar-refractivity contribution in [1.82, 2.24) is 0 Å². The van der Waals surface area contributed by atoms with Crippen molar-refractivity contribution < 1.29 is 0 Å². The Kier molecular flexibility index (Phi) is 1.74. The number of aliphatic imine (C=N–C) groups is 1. The zero-order valence-corrected chi connectivity index (χ0v) is 5.24. The molecule has 1 aliphatic heterocycles. The summed E-state index contributed by atoms with van der Waals surface area (Å²) in [6, 6.07) is 0. The van der Waals surface area contributed by atoms with Crippen LogP contribution in [0, 0.1) is 5.92 Å². The van der Waals surface area contributed by atoms with Crippen LogP contribution < -0.4 is 0 Å². The second kappa shape index (κ2) is 2.36. The fourth-order valence-corrected chi connectivity index (χ4v) is 1.25. The first-order valence-electron chi connectivity index (χ1n) is 2.49. The van der Waals surface area contributed by atoms with Gasteiger partial charge < -0.3 is 0 Å². The second-order valence-electron chi connectivity index (χ2n) is 1.91. The quantitative estimate of drug-likeness (QED) is 0.465. The van der Waals surface area contributed by atoms with Gasteiger partial charge in [-0.25, -0.2) is 0 Å². The maximum Gasteiger partial charge on any atom is 0.0541 e. The molecule has 0 aromatic heterocycles. The molecule has 0 spiro atoms. The average molecular weight is 115 g/mol. The minimum atomic E-state index is 0.801. The highest BCUT2D eigenvalue weighted by atomic mass is 32.2. The molecule has 7 heavy (non-hydrogen) atoms. The van der Waals surface area contributed by atoms with Gasteiger partial charge in [-0.3, -0.25) is 4.99 Å². The van der Waals surface area contributed by atoms with Gasteiger partial charge in [-0.15, -0.1) is 11.8 Å². The first-order valence-corrected chi connectivity index (χ1v) is 3.54. The molecule has 1 rings (SSSR count). The van der Waals surface area contributed by atoms with Crippen molar-refractivity contribution in [1.29, 1.82) is 0 Å². The molecule has 2 heteroatoms. The Morgan fingerprint density at radius 1 is 1.86 bits per heavy atom. The van der Waals surface area contributed by atoms with E-state index in [0.29, 0.717) is 0 Å². The molecule has 1 nitrogen and oxygen atoms in total. The Bertz CT molecular complexity index is 80.1. The van der Waals surface area contributed by atoms with E-state index >= 15 is 0 Å². The second-order valence-corrected chi connectivity index (χ2v) is 2.79. The van der Waals surface area contributed by atoms with Crippen LogP contribution in [0.5, 0.6) is 0 Å². The fourth-order valence-electron chi connectivity index (χ4n) is 0.536. The average Bonchev–Trinajstić information content (AvgIpc) is 1.69. The van der Waals surface area contributed by atoms with Gasteiger partial charge in [0.05, 0.1) is 5.55 Å². The van der Waals surface area contributed by atoms with Gasteiger partial charge in [0.2, 0.25) is 0 Å². The van der Waals surface area contributed by atoms with Gasteiger partial charge in [0.1, 0.15) is 0 Å². The molecule has 40 valence electrons. The Balaban J connectivity index is 2.32. The molecule has 0 aliphatic carbocycles. The van der Waals surface area contributed by atoms with E-state index < -0.39 is 0 Å². The molecule has 0 aromatic rings. The minimum Gasteiger partial charge on any atom is -0.286 e. The van der Waals surface area contributed by atoms with Crippen molar-refractivity contribution in [3.8, 4) is 0 Å². The van der Waals surface area contributed by atoms with Crippen LogP contribution in [0.25, 0.3) is 0 Å². The van der Waals surface area contributed by atoms with E-state index in [1.54, 1.807) is 0 Å². The Morgan fingerprint density at radius 3 is 3.00 bits per heavy atom. The van der Waals surface area contributed by atoms with E-state index in [0.717, 1.165) is 12.5 Å². The first kappa shape index (κ1) is 5.16. The van der Waals surface area contributed by atoms with Crippen molar-refractivity contribution in [2.75, 3.05) is 12.3 Å². The highest BCUT2D eigenvalue weighted by Gasteiger charge is 2.01. The van der Waals surface area contributed by atoms with Crippen LogP contribution in [0.4, 0.5) is 0 Å². The van der Waals surface area contributed by atoms with Crippen LogP contribution in [0.1, 0.15) is 6.92 Å². The highest BCUT2D eigenvalue weighted by molar-refractivity contribution is 8.12. The van der Waals surface area contributed by atoms with Crippen LogP contribution >= 0.6 is 11.8 Å². The van der Waals surface area contributed by atoms with Gasteiger partial charge in [-0.2, -0.15) is 0 Å². The van der Waals surface area contributed by atoms with Gasteiger partial charge in [0.15, 0.2) is 0 Å². The lowest BCUT2D eigenvalue weighted by Crippen LogP contribution is -2.06. The molecular weight excluding hydrogens is 106 g/mol. The van der Waals surface area contributed by atoms with Crippen molar-refractivity contribution >= 4 is 17.3 Å². The molecule has 0 radical (unpaired) electrons. The molecule has 1 atom stereocenters. The molecular formula is C5H9NS. The van der Waals surface area contributed by atoms with Gasteiger partial charge in [0, 0.05) is 12.3 Å². The molecule has 1 heterocycles. The van der Waals surface area contributed by atoms with E-state index in [1.165, 1.54) is 5.75 Å². The van der Waals surface area contributed by atoms with Crippen molar-refractivity contribution in [2.24, 2.45) is 10.9 Å². The molecule has 0 saturated heterocycles. The molecule has 0 aromatic carbocycles. The summed E-state index contributed by atoms with van der Waals surface area (Å²) in [4.78, 5) is 4.10. The maximum atomic E-state index is 4.10. The van der Waals surface area contributed by atoms with Gasteiger partial charge in [0.25, 0.3) is 0 Å². The monoisotopic (exact) mass is 115 g/mol. The normalized spacial score (nSPS) is 30.7. The minimum absolute atomic E-state index is 0.801. The third kappa shape index (κ3) is 1.51. The summed E-state index contributed by atoms with van der Waals surface area (Å²) in [5, 5.41) is 0. The van der Waals surface area contributed by atoms with E-state index in [4.69, 9.17) is 0 Å². The fraction of sp³-hybridized carbons (Fsp3) is 0.800. The number of hydrogen-bond donors (Lipinski definition) is 0. The molecule has 0 saturated carbocycles. The number of nitrogens with zero attached hydrogens (tertiary/aromatic N) is 1. The Labute approximate surface area is 48.2 Å². The molecule has 0 fully saturated rings. The van der Waals surface area contributed by atoms with E-state index in [9.17, 15) is 0 Å². The van der Waals surface area contributed by atoms with Crippen LogP contribution in [-0.4, -0.2) is 17.8 Å². The topological polar surface area (TPSA) is 12.4 Å². The summed E-state index contributed by atoms with van der Waals surface area (Å²) in [7, 11) is 0. The zero-order chi connectivity index (χ0) is 5.11. The van der Waals surface area contributed by atoms with Gasteiger partial charge >= 0.3 is 0 Å². The number of hydrogen-bond acceptors (Lipinski definition) is 2. The van der Waals surface area contributed by atoms with Crippen molar-refractivity contribution in [3.63, 3.8) is 0 Å². The Hall–Kier alpha value is 0.0200. The van der Waals surface area contributed by atoms with Crippen molar-refractivity contribution in [2.45, 2.75) is 6.92 Å². The zero-order valence-electron chi connectivity index (χ0n) is 4.42. The highest BCUT2D eigenvalue weighted by Crippen LogP contribution is 2.10. The van der Waals surface area contributed by atoms with Crippen molar-refractivity contribution in [3.05, 3.63) is 0 Å². The largest absolute Gasteiger partial charge is 0.286 e. The standard InChI is InChI=1S/C5H9NS/c1-5-2-6-4-7-3-5/h4-5H,2-3H2,1H3. The molecule has 0 N–H and O–H groups in total. The predicted molar refractivity (Wildman–Crippen MR) is 35.0 cm³/mol. The first-order chi connectivity index (χ1) is 3.39.